The molecule has 3 rings (SSSR count). The Morgan fingerprint density at radius 3 is 2.35 bits per heavy atom. The van der Waals surface area contributed by atoms with E-state index in [1.165, 1.54) is 57.8 Å². The third kappa shape index (κ3) is 2.75. The molecule has 2 N–H and O–H groups in total. The normalized spacial score (nSPS) is 37.1. The second kappa shape index (κ2) is 5.13. The van der Waals surface area contributed by atoms with Crippen LogP contribution in [0.3, 0.4) is 0 Å². The summed E-state index contributed by atoms with van der Waals surface area (Å²) in [5.74, 6) is 1.90. The highest BCUT2D eigenvalue weighted by Gasteiger charge is 2.39. The molecular weight excluding hydrogens is 228 g/mol. The lowest BCUT2D eigenvalue weighted by molar-refractivity contribution is 0.378. The Kier molecular flexibility index (Phi) is 3.55. The van der Waals surface area contributed by atoms with E-state index in [2.05, 4.69) is 10.6 Å². The minimum absolute atomic E-state index is 0.641. The molecule has 2 bridgehead atoms. The molecule has 2 nitrogen and oxygen atoms in total. The van der Waals surface area contributed by atoms with Gasteiger partial charge >= 0.3 is 0 Å². The highest BCUT2D eigenvalue weighted by atomic mass is 32.1. The van der Waals surface area contributed by atoms with Gasteiger partial charge in [-0.3, -0.25) is 0 Å². The van der Waals surface area contributed by atoms with Gasteiger partial charge in [-0.25, -0.2) is 0 Å². The first-order chi connectivity index (χ1) is 8.31. The van der Waals surface area contributed by atoms with Crippen LogP contribution in [0.1, 0.15) is 57.8 Å². The summed E-state index contributed by atoms with van der Waals surface area (Å²) in [5.41, 5.74) is 0. The predicted octanol–water partition coefficient (Wildman–Crippen LogP) is 2.97. The first kappa shape index (κ1) is 11.8. The maximum Gasteiger partial charge on any atom is 0.166 e. The monoisotopic (exact) mass is 252 g/mol. The fourth-order valence-corrected chi connectivity index (χ4v) is 4.38. The summed E-state index contributed by atoms with van der Waals surface area (Å²) in [6, 6.07) is 1.32. The molecule has 0 aromatic carbocycles. The van der Waals surface area contributed by atoms with Crippen molar-refractivity contribution >= 4 is 17.3 Å². The summed E-state index contributed by atoms with van der Waals surface area (Å²) < 4.78 is 0. The van der Waals surface area contributed by atoms with E-state index in [4.69, 9.17) is 12.2 Å². The average molecular weight is 252 g/mol. The molecule has 3 aliphatic carbocycles. The number of rotatable bonds is 2. The zero-order valence-electron chi connectivity index (χ0n) is 10.6. The predicted molar refractivity (Wildman–Crippen MR) is 75.0 cm³/mol. The Morgan fingerprint density at radius 1 is 0.882 bits per heavy atom. The largest absolute Gasteiger partial charge is 0.360 e. The van der Waals surface area contributed by atoms with E-state index in [1.807, 2.05) is 0 Å². The molecular formula is C14H24N2S. The highest BCUT2D eigenvalue weighted by molar-refractivity contribution is 7.80. The van der Waals surface area contributed by atoms with Gasteiger partial charge in [0.25, 0.3) is 0 Å². The third-order valence-electron chi connectivity index (χ3n) is 4.99. The third-order valence-corrected chi connectivity index (χ3v) is 5.23. The maximum atomic E-state index is 5.46. The van der Waals surface area contributed by atoms with Gasteiger partial charge in [0.2, 0.25) is 0 Å². The van der Waals surface area contributed by atoms with Crippen LogP contribution < -0.4 is 10.6 Å². The molecule has 0 spiro atoms. The van der Waals surface area contributed by atoms with Crippen molar-refractivity contribution in [1.82, 2.24) is 10.6 Å². The van der Waals surface area contributed by atoms with E-state index in [0.717, 1.165) is 16.9 Å². The van der Waals surface area contributed by atoms with Gasteiger partial charge < -0.3 is 10.6 Å². The van der Waals surface area contributed by atoms with Crippen LogP contribution in [0.5, 0.6) is 0 Å². The molecule has 0 aromatic rings. The lowest BCUT2D eigenvalue weighted by Crippen LogP contribution is -2.48. The maximum absolute atomic E-state index is 5.46. The van der Waals surface area contributed by atoms with Crippen LogP contribution in [0.2, 0.25) is 0 Å². The lowest BCUT2D eigenvalue weighted by atomic mass is 9.95. The van der Waals surface area contributed by atoms with Crippen LogP contribution in [-0.2, 0) is 0 Å². The summed E-state index contributed by atoms with van der Waals surface area (Å²) in [4.78, 5) is 0. The number of hydrogen-bond donors (Lipinski definition) is 2. The molecule has 0 aromatic heterocycles. The van der Waals surface area contributed by atoms with Gasteiger partial charge in [0, 0.05) is 12.1 Å². The van der Waals surface area contributed by atoms with Crippen LogP contribution in [-0.4, -0.2) is 17.2 Å². The van der Waals surface area contributed by atoms with E-state index in [1.54, 1.807) is 0 Å². The topological polar surface area (TPSA) is 24.1 Å². The first-order valence-electron chi connectivity index (χ1n) is 7.38. The van der Waals surface area contributed by atoms with Crippen LogP contribution in [0, 0.1) is 11.8 Å². The molecule has 3 atom stereocenters. The quantitative estimate of drug-likeness (QED) is 0.739. The van der Waals surface area contributed by atoms with Crippen molar-refractivity contribution in [3.8, 4) is 0 Å². The van der Waals surface area contributed by atoms with Crippen LogP contribution in [0.4, 0.5) is 0 Å². The van der Waals surface area contributed by atoms with Crippen molar-refractivity contribution in [2.75, 3.05) is 0 Å². The van der Waals surface area contributed by atoms with Gasteiger partial charge in [0.05, 0.1) is 0 Å². The molecule has 3 heteroatoms. The molecule has 3 saturated carbocycles. The van der Waals surface area contributed by atoms with Gasteiger partial charge in [-0.2, -0.15) is 0 Å². The molecule has 0 amide bonds. The van der Waals surface area contributed by atoms with Crippen molar-refractivity contribution in [3.05, 3.63) is 0 Å². The smallest absolute Gasteiger partial charge is 0.166 e. The van der Waals surface area contributed by atoms with E-state index in [0.29, 0.717) is 12.1 Å². The average Bonchev–Trinajstić information content (AvgIpc) is 2.92. The second-order valence-corrected chi connectivity index (χ2v) is 6.64. The zero-order valence-corrected chi connectivity index (χ0v) is 11.4. The van der Waals surface area contributed by atoms with Crippen molar-refractivity contribution in [2.24, 2.45) is 11.8 Å². The zero-order chi connectivity index (χ0) is 11.7. The highest BCUT2D eigenvalue weighted by Crippen LogP contribution is 2.44. The Balaban J connectivity index is 1.44. The molecule has 0 radical (unpaired) electrons. The standard InChI is InChI=1S/C14H24N2S/c17-14(15-12-4-2-1-3-5-12)16-13-9-10-6-7-11(13)8-10/h10-13H,1-9H2,(H2,15,16,17)/t10-,11+,13+/m0/s1. The summed E-state index contributed by atoms with van der Waals surface area (Å²) in [6.07, 6.45) is 12.4. The Labute approximate surface area is 110 Å². The van der Waals surface area contributed by atoms with Gasteiger partial charge in [-0.05, 0) is 56.2 Å². The summed E-state index contributed by atoms with van der Waals surface area (Å²) in [7, 11) is 0. The van der Waals surface area contributed by atoms with Crippen molar-refractivity contribution < 1.29 is 0 Å². The molecule has 0 aliphatic heterocycles. The molecule has 96 valence electrons. The molecule has 3 aliphatic rings. The fraction of sp³-hybridized carbons (Fsp3) is 0.929. The minimum Gasteiger partial charge on any atom is -0.360 e. The number of hydrogen-bond acceptors (Lipinski definition) is 1. The fourth-order valence-electron chi connectivity index (χ4n) is 4.06. The SMILES string of the molecule is S=C(NC1CCCCC1)N[C@@H]1C[C@H]2CC[C@@H]1C2. The second-order valence-electron chi connectivity index (χ2n) is 6.23. The molecule has 0 heterocycles. The Hall–Kier alpha value is -0.310. The first-order valence-corrected chi connectivity index (χ1v) is 7.79. The Morgan fingerprint density at radius 2 is 1.71 bits per heavy atom. The van der Waals surface area contributed by atoms with Gasteiger partial charge in [-0.15, -0.1) is 0 Å². The number of fused-ring (bicyclic) bond motifs is 2. The summed E-state index contributed by atoms with van der Waals surface area (Å²) in [5, 5.41) is 8.03. The number of thiocarbonyl (C=S) groups is 1. The van der Waals surface area contributed by atoms with Crippen molar-refractivity contribution in [2.45, 2.75) is 69.9 Å². The molecule has 17 heavy (non-hydrogen) atoms. The molecule has 3 fully saturated rings. The van der Waals surface area contributed by atoms with Crippen molar-refractivity contribution in [3.63, 3.8) is 0 Å². The summed E-state index contributed by atoms with van der Waals surface area (Å²) in [6.45, 7) is 0. The van der Waals surface area contributed by atoms with Crippen LogP contribution in [0.25, 0.3) is 0 Å². The molecule has 0 unspecified atom stereocenters. The van der Waals surface area contributed by atoms with Gasteiger partial charge in [0.15, 0.2) is 5.11 Å². The van der Waals surface area contributed by atoms with E-state index < -0.39 is 0 Å². The van der Waals surface area contributed by atoms with Crippen molar-refractivity contribution in [1.29, 1.82) is 0 Å². The van der Waals surface area contributed by atoms with Gasteiger partial charge in [0.1, 0.15) is 0 Å². The van der Waals surface area contributed by atoms with E-state index in [-0.39, 0.29) is 0 Å². The van der Waals surface area contributed by atoms with Crippen LogP contribution in [0.15, 0.2) is 0 Å². The van der Waals surface area contributed by atoms with E-state index >= 15 is 0 Å². The van der Waals surface area contributed by atoms with Crippen LogP contribution >= 0.6 is 12.2 Å². The number of nitrogens with one attached hydrogen (secondary N) is 2. The Bertz CT molecular complexity index is 286. The lowest BCUT2D eigenvalue weighted by Gasteiger charge is -2.28. The minimum atomic E-state index is 0.641. The van der Waals surface area contributed by atoms with Gasteiger partial charge in [-0.1, -0.05) is 25.7 Å². The molecule has 0 saturated heterocycles. The summed E-state index contributed by atoms with van der Waals surface area (Å²) >= 11 is 5.46. The van der Waals surface area contributed by atoms with E-state index in [9.17, 15) is 0 Å².